The molecule has 1 aliphatic rings. The predicted molar refractivity (Wildman–Crippen MR) is 104 cm³/mol. The molecule has 0 bridgehead atoms. The summed E-state index contributed by atoms with van der Waals surface area (Å²) in [5.41, 5.74) is -0.506. The van der Waals surface area contributed by atoms with Crippen molar-refractivity contribution in [3.05, 3.63) is 22.4 Å². The number of hydrogen-bond acceptors (Lipinski definition) is 5. The van der Waals surface area contributed by atoms with E-state index in [4.69, 9.17) is 4.74 Å². The van der Waals surface area contributed by atoms with Crippen molar-refractivity contribution in [2.45, 2.75) is 58.1 Å². The molecule has 0 spiro atoms. The number of likely N-dealkylation sites (tertiary alicyclic amines) is 1. The molecule has 2 amide bonds. The molecular weight excluding hydrogens is 350 g/mol. The normalized spacial score (nSPS) is 16.3. The molecule has 7 heteroatoms. The molecular formula is C19H31N3O3S. The molecule has 1 fully saturated rings. The molecule has 6 nitrogen and oxygen atoms in total. The predicted octanol–water partition coefficient (Wildman–Crippen LogP) is 3.31. The molecule has 1 aromatic heterocycles. The van der Waals surface area contributed by atoms with Crippen LogP contribution in [0, 0.1) is 0 Å². The Bertz CT molecular complexity index is 563. The topological polar surface area (TPSA) is 70.7 Å². The number of hydrogen-bond donors (Lipinski definition) is 2. The van der Waals surface area contributed by atoms with Gasteiger partial charge in [-0.05, 0) is 64.6 Å². The van der Waals surface area contributed by atoms with Crippen molar-refractivity contribution < 1.29 is 14.3 Å². The molecule has 0 radical (unpaired) electrons. The van der Waals surface area contributed by atoms with Gasteiger partial charge in [0.05, 0.1) is 6.04 Å². The summed E-state index contributed by atoms with van der Waals surface area (Å²) in [5.74, 6) is 0.0248. The van der Waals surface area contributed by atoms with E-state index in [1.54, 1.807) is 11.3 Å². The first-order valence-corrected chi connectivity index (χ1v) is 10.2. The molecule has 2 heterocycles. The van der Waals surface area contributed by atoms with Crippen LogP contribution in [0.3, 0.4) is 0 Å². The van der Waals surface area contributed by atoms with Gasteiger partial charge in [0.15, 0.2) is 0 Å². The Labute approximate surface area is 160 Å². The van der Waals surface area contributed by atoms with E-state index in [2.05, 4.69) is 33.0 Å². The average Bonchev–Trinajstić information content (AvgIpc) is 3.24. The van der Waals surface area contributed by atoms with Gasteiger partial charge in [0.1, 0.15) is 5.60 Å². The maximum Gasteiger partial charge on any atom is 0.407 e. The zero-order chi connectivity index (χ0) is 19.0. The molecule has 1 aliphatic heterocycles. The van der Waals surface area contributed by atoms with Crippen LogP contribution < -0.4 is 10.6 Å². The fraction of sp³-hybridized carbons (Fsp3) is 0.684. The van der Waals surface area contributed by atoms with Crippen molar-refractivity contribution in [2.24, 2.45) is 0 Å². The lowest BCUT2D eigenvalue weighted by Gasteiger charge is -2.27. The fourth-order valence-electron chi connectivity index (χ4n) is 3.00. The highest BCUT2D eigenvalue weighted by molar-refractivity contribution is 7.10. The summed E-state index contributed by atoms with van der Waals surface area (Å²) in [6.07, 6.45) is 3.01. The molecule has 1 saturated heterocycles. The standard InChI is InChI=1S/C19H31N3O3S/c1-19(2,3)25-18(24)20-10-6-9-17(23)21-14-15(16-8-7-13-26-16)22-11-4-5-12-22/h7-8,13,15H,4-6,9-12,14H2,1-3H3,(H,20,24)(H,21,23). The number of rotatable bonds is 8. The minimum Gasteiger partial charge on any atom is -0.444 e. The van der Waals surface area contributed by atoms with Crippen LogP contribution in [-0.4, -0.2) is 48.7 Å². The number of carbonyl (C=O) groups is 2. The van der Waals surface area contributed by atoms with Crippen molar-refractivity contribution in [1.82, 2.24) is 15.5 Å². The smallest absolute Gasteiger partial charge is 0.407 e. The number of nitrogens with zero attached hydrogens (tertiary/aromatic N) is 1. The Kier molecular flexibility index (Phi) is 7.90. The molecule has 146 valence electrons. The molecule has 26 heavy (non-hydrogen) atoms. The first kappa shape index (κ1) is 20.7. The number of ether oxygens (including phenoxy) is 1. The Hall–Kier alpha value is -1.60. The third-order valence-corrected chi connectivity index (χ3v) is 5.17. The first-order valence-electron chi connectivity index (χ1n) is 9.36. The van der Waals surface area contributed by atoms with E-state index in [0.29, 0.717) is 25.9 Å². The maximum atomic E-state index is 12.1. The Balaban J connectivity index is 1.67. The lowest BCUT2D eigenvalue weighted by molar-refractivity contribution is -0.121. The van der Waals surface area contributed by atoms with E-state index in [9.17, 15) is 9.59 Å². The summed E-state index contributed by atoms with van der Waals surface area (Å²) in [5, 5.41) is 7.82. The van der Waals surface area contributed by atoms with Gasteiger partial charge in [-0.15, -0.1) is 11.3 Å². The molecule has 0 saturated carbocycles. The third-order valence-electron chi connectivity index (χ3n) is 4.19. The van der Waals surface area contributed by atoms with E-state index in [1.165, 1.54) is 17.7 Å². The van der Waals surface area contributed by atoms with Gasteiger partial charge in [-0.25, -0.2) is 4.79 Å². The second-order valence-electron chi connectivity index (χ2n) is 7.61. The van der Waals surface area contributed by atoms with Crippen molar-refractivity contribution in [1.29, 1.82) is 0 Å². The third kappa shape index (κ3) is 7.33. The van der Waals surface area contributed by atoms with Gasteiger partial charge in [0, 0.05) is 24.4 Å². The maximum absolute atomic E-state index is 12.1. The highest BCUT2D eigenvalue weighted by Gasteiger charge is 2.24. The van der Waals surface area contributed by atoms with Gasteiger partial charge in [-0.3, -0.25) is 9.69 Å². The Morgan fingerprint density at radius 2 is 2.00 bits per heavy atom. The van der Waals surface area contributed by atoms with Crippen LogP contribution in [-0.2, 0) is 9.53 Å². The van der Waals surface area contributed by atoms with Crippen molar-refractivity contribution in [3.8, 4) is 0 Å². The number of amides is 2. The van der Waals surface area contributed by atoms with Crippen LogP contribution in [0.25, 0.3) is 0 Å². The highest BCUT2D eigenvalue weighted by atomic mass is 32.1. The molecule has 2 N–H and O–H groups in total. The number of nitrogens with one attached hydrogen (secondary N) is 2. The molecule has 0 aromatic carbocycles. The lowest BCUT2D eigenvalue weighted by atomic mass is 10.2. The van der Waals surface area contributed by atoms with Gasteiger partial charge in [0.2, 0.25) is 5.91 Å². The SMILES string of the molecule is CC(C)(C)OC(=O)NCCCC(=O)NCC(c1cccs1)N1CCCC1. The average molecular weight is 382 g/mol. The van der Waals surface area contributed by atoms with E-state index in [0.717, 1.165) is 13.1 Å². The second-order valence-corrected chi connectivity index (χ2v) is 8.59. The Morgan fingerprint density at radius 1 is 1.27 bits per heavy atom. The molecule has 1 atom stereocenters. The molecule has 2 rings (SSSR count). The quantitative estimate of drug-likeness (QED) is 0.678. The zero-order valence-electron chi connectivity index (χ0n) is 16.0. The summed E-state index contributed by atoms with van der Waals surface area (Å²) < 4.78 is 5.17. The van der Waals surface area contributed by atoms with Gasteiger partial charge in [-0.1, -0.05) is 6.07 Å². The molecule has 1 unspecified atom stereocenters. The zero-order valence-corrected chi connectivity index (χ0v) is 16.9. The second kappa shape index (κ2) is 9.92. The van der Waals surface area contributed by atoms with Crippen molar-refractivity contribution in [3.63, 3.8) is 0 Å². The van der Waals surface area contributed by atoms with Gasteiger partial charge in [0.25, 0.3) is 0 Å². The van der Waals surface area contributed by atoms with Crippen LogP contribution in [0.15, 0.2) is 17.5 Å². The summed E-state index contributed by atoms with van der Waals surface area (Å²) in [6.45, 7) is 8.73. The monoisotopic (exact) mass is 381 g/mol. The highest BCUT2D eigenvalue weighted by Crippen LogP contribution is 2.27. The van der Waals surface area contributed by atoms with Crippen LogP contribution in [0.1, 0.15) is 57.4 Å². The summed E-state index contributed by atoms with van der Waals surface area (Å²) in [7, 11) is 0. The minimum absolute atomic E-state index is 0.0248. The van der Waals surface area contributed by atoms with Crippen LogP contribution in [0.5, 0.6) is 0 Å². The summed E-state index contributed by atoms with van der Waals surface area (Å²) in [4.78, 5) is 27.5. The van der Waals surface area contributed by atoms with Crippen molar-refractivity contribution >= 4 is 23.3 Å². The van der Waals surface area contributed by atoms with Gasteiger partial charge < -0.3 is 15.4 Å². The van der Waals surface area contributed by atoms with Gasteiger partial charge >= 0.3 is 6.09 Å². The van der Waals surface area contributed by atoms with E-state index in [1.807, 2.05) is 20.8 Å². The summed E-state index contributed by atoms with van der Waals surface area (Å²) in [6, 6.07) is 4.47. The van der Waals surface area contributed by atoms with Crippen molar-refractivity contribution in [2.75, 3.05) is 26.2 Å². The number of carbonyl (C=O) groups excluding carboxylic acids is 2. The first-order chi connectivity index (χ1) is 12.3. The Morgan fingerprint density at radius 3 is 2.62 bits per heavy atom. The minimum atomic E-state index is -0.506. The van der Waals surface area contributed by atoms with E-state index < -0.39 is 11.7 Å². The lowest BCUT2D eigenvalue weighted by Crippen LogP contribution is -2.37. The fourth-order valence-corrected chi connectivity index (χ4v) is 3.86. The van der Waals surface area contributed by atoms with E-state index >= 15 is 0 Å². The number of thiophene rings is 1. The number of alkyl carbamates (subject to hydrolysis) is 1. The molecule has 0 aliphatic carbocycles. The molecule has 1 aromatic rings. The van der Waals surface area contributed by atoms with Crippen LogP contribution >= 0.6 is 11.3 Å². The van der Waals surface area contributed by atoms with E-state index in [-0.39, 0.29) is 11.9 Å². The van der Waals surface area contributed by atoms with Crippen LogP contribution in [0.4, 0.5) is 4.79 Å². The van der Waals surface area contributed by atoms with Crippen LogP contribution in [0.2, 0.25) is 0 Å². The largest absolute Gasteiger partial charge is 0.444 e. The summed E-state index contributed by atoms with van der Waals surface area (Å²) >= 11 is 1.74. The van der Waals surface area contributed by atoms with Gasteiger partial charge in [-0.2, -0.15) is 0 Å².